The summed E-state index contributed by atoms with van der Waals surface area (Å²) in [5, 5.41) is 0. The highest BCUT2D eigenvalue weighted by Gasteiger charge is 2.52. The molecule has 0 atom stereocenters. The van der Waals surface area contributed by atoms with Gasteiger partial charge in [0.05, 0.1) is 25.7 Å². The maximum atomic E-state index is 7.99. The van der Waals surface area contributed by atoms with Crippen LogP contribution in [0.1, 0.15) is 45.0 Å². The molecule has 6 heteroatoms. The van der Waals surface area contributed by atoms with Crippen molar-refractivity contribution in [3.05, 3.63) is 12.3 Å². The van der Waals surface area contributed by atoms with Crippen molar-refractivity contribution in [1.82, 2.24) is 9.97 Å². The van der Waals surface area contributed by atoms with E-state index in [4.69, 9.17) is 20.3 Å². The highest BCUT2D eigenvalue weighted by Crippen LogP contribution is 2.36. The van der Waals surface area contributed by atoms with Crippen molar-refractivity contribution in [3.63, 3.8) is 0 Å². The SMILES string of the molecule is [2H]c1nc([2H])c(N2C([2H])([2H])C([2H])([2H])C2([2H])[2H])nc1B1OC(C)(C)C(C)(C)O1. The fraction of sp³-hybridized carbons (Fsp3) is 0.692. The minimum atomic E-state index is -2.82. The lowest BCUT2D eigenvalue weighted by molar-refractivity contribution is 0.00578. The third-order valence-corrected chi connectivity index (χ3v) is 3.58. The monoisotopic (exact) mass is 269 g/mol. The highest BCUT2D eigenvalue weighted by atomic mass is 16.7. The first kappa shape index (κ1) is 6.54. The average molecular weight is 269 g/mol. The van der Waals surface area contributed by atoms with Gasteiger partial charge in [-0.2, -0.15) is 0 Å². The molecule has 3 heterocycles. The molecule has 2 aliphatic rings. The summed E-state index contributed by atoms with van der Waals surface area (Å²) in [7, 11) is -1.11. The van der Waals surface area contributed by atoms with Crippen molar-refractivity contribution < 1.29 is 20.3 Å². The van der Waals surface area contributed by atoms with Gasteiger partial charge >= 0.3 is 7.12 Å². The molecule has 0 bridgehead atoms. The predicted octanol–water partition coefficient (Wildman–Crippen LogP) is 0.986. The van der Waals surface area contributed by atoms with Crippen LogP contribution >= 0.6 is 0 Å². The van der Waals surface area contributed by atoms with Crippen molar-refractivity contribution in [1.29, 1.82) is 0 Å². The van der Waals surface area contributed by atoms with Gasteiger partial charge in [0.2, 0.25) is 0 Å². The Labute approximate surface area is 125 Å². The predicted molar refractivity (Wildman–Crippen MR) is 74.6 cm³/mol. The molecule has 1 aromatic heterocycles. The van der Waals surface area contributed by atoms with Crippen LogP contribution in [0.25, 0.3) is 0 Å². The Morgan fingerprint density at radius 3 is 2.53 bits per heavy atom. The summed E-state index contributed by atoms with van der Waals surface area (Å²) >= 11 is 0. The standard InChI is InChI=1S/C13H20BN3O2/c1-12(2)13(3,4)19-14(18-12)10-8-15-9-11(16-10)17-6-5-7-17/h8-9H,5-7H2,1-4H3/i5D2,6D2,7D2,8D,9D. The van der Waals surface area contributed by atoms with E-state index in [2.05, 4.69) is 9.97 Å². The van der Waals surface area contributed by atoms with Gasteiger partial charge in [0.1, 0.15) is 5.82 Å². The number of hydrogen-bond donors (Lipinski definition) is 0. The van der Waals surface area contributed by atoms with Gasteiger partial charge in [-0.3, -0.25) is 4.98 Å². The van der Waals surface area contributed by atoms with Crippen LogP contribution in [0.4, 0.5) is 5.82 Å². The summed E-state index contributed by atoms with van der Waals surface area (Å²) in [6, 6.07) is 0. The van der Waals surface area contributed by atoms with E-state index in [1.165, 1.54) is 0 Å². The van der Waals surface area contributed by atoms with Crippen LogP contribution < -0.4 is 10.5 Å². The first-order valence-corrected chi connectivity index (χ1v) is 5.98. The third-order valence-electron chi connectivity index (χ3n) is 3.58. The Kier molecular flexibility index (Phi) is 1.44. The number of rotatable bonds is 2. The first-order chi connectivity index (χ1) is 12.0. The molecule has 2 fully saturated rings. The van der Waals surface area contributed by atoms with E-state index in [-0.39, 0.29) is 5.59 Å². The van der Waals surface area contributed by atoms with Crippen LogP contribution in [0.2, 0.25) is 0 Å². The van der Waals surface area contributed by atoms with Gasteiger partial charge in [0.15, 0.2) is 0 Å². The minimum Gasteiger partial charge on any atom is -0.398 e. The molecule has 1 aromatic rings. The zero-order valence-electron chi connectivity index (χ0n) is 19.2. The van der Waals surface area contributed by atoms with Gasteiger partial charge in [-0.05, 0) is 34.1 Å². The molecule has 0 amide bonds. The lowest BCUT2D eigenvalue weighted by atomic mass is 9.85. The molecule has 0 saturated carbocycles. The maximum absolute atomic E-state index is 7.99. The van der Waals surface area contributed by atoms with Crippen LogP contribution in [0.15, 0.2) is 12.3 Å². The van der Waals surface area contributed by atoms with Crippen molar-refractivity contribution in [2.75, 3.05) is 17.9 Å². The average Bonchev–Trinajstić information content (AvgIpc) is 2.68. The van der Waals surface area contributed by atoms with E-state index >= 15 is 0 Å². The molecule has 0 N–H and O–H groups in total. The summed E-state index contributed by atoms with van der Waals surface area (Å²) in [6.07, 6.45) is -3.87. The van der Waals surface area contributed by atoms with Gasteiger partial charge in [-0.15, -0.1) is 0 Å². The fourth-order valence-electron chi connectivity index (χ4n) is 1.68. The van der Waals surface area contributed by atoms with Crippen molar-refractivity contribution in [3.8, 4) is 0 Å². The number of aromatic nitrogens is 2. The quantitative estimate of drug-likeness (QED) is 0.749. The Morgan fingerprint density at radius 2 is 1.89 bits per heavy atom. The lowest BCUT2D eigenvalue weighted by Gasteiger charge is -2.32. The van der Waals surface area contributed by atoms with Gasteiger partial charge < -0.3 is 14.2 Å². The smallest absolute Gasteiger partial charge is 0.398 e. The molecule has 2 saturated heterocycles. The van der Waals surface area contributed by atoms with E-state index in [0.29, 0.717) is 4.90 Å². The maximum Gasteiger partial charge on any atom is 0.516 e. The first-order valence-electron chi connectivity index (χ1n) is 9.98. The van der Waals surface area contributed by atoms with Crippen LogP contribution in [0, 0.1) is 0 Å². The Bertz CT molecular complexity index is 770. The van der Waals surface area contributed by atoms with E-state index in [0.717, 1.165) is 0 Å². The second-order valence-electron chi connectivity index (χ2n) is 5.43. The molecular formula is C13H20BN3O2. The molecule has 102 valence electrons. The van der Waals surface area contributed by atoms with Gasteiger partial charge in [0.25, 0.3) is 0 Å². The molecule has 0 radical (unpaired) electrons. The fourth-order valence-corrected chi connectivity index (χ4v) is 1.68. The Balaban J connectivity index is 2.07. The van der Waals surface area contributed by atoms with Crippen LogP contribution in [-0.4, -0.2) is 41.3 Å². The molecule has 0 aliphatic carbocycles. The minimum absolute atomic E-state index is 0.126. The Hall–Kier alpha value is -1.14. The van der Waals surface area contributed by atoms with Crippen molar-refractivity contribution in [2.24, 2.45) is 0 Å². The second kappa shape index (κ2) is 4.18. The molecule has 3 rings (SSSR count). The van der Waals surface area contributed by atoms with Crippen molar-refractivity contribution >= 4 is 18.5 Å². The molecule has 0 aromatic carbocycles. The van der Waals surface area contributed by atoms with Gasteiger partial charge in [0, 0.05) is 27.4 Å². The zero-order valence-corrected chi connectivity index (χ0v) is 11.2. The summed E-state index contributed by atoms with van der Waals surface area (Å²) < 4.78 is 74.4. The van der Waals surface area contributed by atoms with Gasteiger partial charge in [-0.25, -0.2) is 4.98 Å². The molecular weight excluding hydrogens is 241 g/mol. The summed E-state index contributed by atoms with van der Waals surface area (Å²) in [5.41, 5.74) is -1.59. The van der Waals surface area contributed by atoms with Crippen LogP contribution in [0.3, 0.4) is 0 Å². The van der Waals surface area contributed by atoms with Crippen LogP contribution in [0.5, 0.6) is 0 Å². The van der Waals surface area contributed by atoms with Crippen LogP contribution in [-0.2, 0) is 9.31 Å². The summed E-state index contributed by atoms with van der Waals surface area (Å²) in [5.74, 6) is -0.513. The molecule has 5 nitrogen and oxygen atoms in total. The molecule has 19 heavy (non-hydrogen) atoms. The molecule has 0 spiro atoms. The largest absolute Gasteiger partial charge is 0.516 e. The topological polar surface area (TPSA) is 47.5 Å². The Morgan fingerprint density at radius 1 is 1.26 bits per heavy atom. The van der Waals surface area contributed by atoms with Crippen molar-refractivity contribution in [2.45, 2.75) is 45.3 Å². The number of anilines is 1. The lowest BCUT2D eigenvalue weighted by Crippen LogP contribution is -2.41. The second-order valence-corrected chi connectivity index (χ2v) is 5.43. The molecule has 2 aliphatic heterocycles. The van der Waals surface area contributed by atoms with E-state index in [1.807, 2.05) is 0 Å². The molecule has 0 unspecified atom stereocenters. The zero-order chi connectivity index (χ0) is 20.8. The summed E-state index contributed by atoms with van der Waals surface area (Å²) in [6.45, 7) is 1.68. The number of nitrogens with zero attached hydrogens (tertiary/aromatic N) is 3. The van der Waals surface area contributed by atoms with Gasteiger partial charge in [-0.1, -0.05) is 0 Å². The van der Waals surface area contributed by atoms with E-state index < -0.39 is 55.9 Å². The highest BCUT2D eigenvalue weighted by molar-refractivity contribution is 6.61. The normalized spacial score (nSPS) is 38.5. The van der Waals surface area contributed by atoms with E-state index in [1.54, 1.807) is 27.7 Å². The number of hydrogen-bond acceptors (Lipinski definition) is 5. The third kappa shape index (κ3) is 2.13. The summed E-state index contributed by atoms with van der Waals surface area (Å²) in [4.78, 5) is 8.20. The van der Waals surface area contributed by atoms with E-state index in [9.17, 15) is 0 Å².